The molecule has 6 heterocycles. The van der Waals surface area contributed by atoms with Crippen molar-refractivity contribution in [3.8, 4) is 0 Å². The van der Waals surface area contributed by atoms with Crippen LogP contribution in [0.2, 0.25) is 36.3 Å². The van der Waals surface area contributed by atoms with Crippen molar-refractivity contribution in [2.24, 2.45) is 23.3 Å². The van der Waals surface area contributed by atoms with Gasteiger partial charge >= 0.3 is 12.3 Å². The summed E-state index contributed by atoms with van der Waals surface area (Å²) in [6.07, 6.45) is -7.12. The summed E-state index contributed by atoms with van der Waals surface area (Å²) in [5, 5.41) is 33.7. The number of carbonyl (C=O) groups is 4. The minimum atomic E-state index is -2.44. The van der Waals surface area contributed by atoms with Crippen LogP contribution in [0, 0.1) is 11.8 Å². The highest BCUT2D eigenvalue weighted by atomic mass is 28.4. The monoisotopic (exact) mass is 1200 g/mol. The predicted octanol–water partition coefficient (Wildman–Crippen LogP) is 8.29. The molecule has 0 spiro atoms. The summed E-state index contributed by atoms with van der Waals surface area (Å²) in [5.74, 6) is -1.50. The van der Waals surface area contributed by atoms with E-state index >= 15 is 0 Å². The van der Waals surface area contributed by atoms with Crippen molar-refractivity contribution in [2.45, 2.75) is 235 Å². The molecule has 0 aromatic carbocycles. The van der Waals surface area contributed by atoms with Crippen molar-refractivity contribution in [2.75, 3.05) is 17.2 Å². The Labute approximate surface area is 484 Å². The zero-order valence-electron chi connectivity index (χ0n) is 50.4. The van der Waals surface area contributed by atoms with Crippen LogP contribution in [0.15, 0.2) is 22.2 Å². The molecule has 2 saturated heterocycles. The molecule has 82 heavy (non-hydrogen) atoms. The zero-order valence-corrected chi connectivity index (χ0v) is 52.4. The van der Waals surface area contributed by atoms with Gasteiger partial charge < -0.3 is 54.6 Å². The van der Waals surface area contributed by atoms with Gasteiger partial charge in [0.1, 0.15) is 18.3 Å². The number of hydrogen-bond donors (Lipinski definition) is 9. The summed E-state index contributed by atoms with van der Waals surface area (Å²) < 4.78 is 38.6. The number of nitrogens with one attached hydrogen (secondary N) is 4. The maximum absolute atomic E-state index is 12.6. The van der Waals surface area contributed by atoms with Gasteiger partial charge in [0.15, 0.2) is 63.6 Å². The molecule has 6 rings (SSSR count). The molecular weight excluding hydrogens is 1100 g/mol. The number of fused-ring (bicyclic) bond motifs is 2. The van der Waals surface area contributed by atoms with Crippen LogP contribution in [0.25, 0.3) is 22.3 Å². The number of amides is 2. The Morgan fingerprint density at radius 2 is 0.939 bits per heavy atom. The van der Waals surface area contributed by atoms with E-state index in [1.54, 1.807) is 27.7 Å². The third-order valence-corrected chi connectivity index (χ3v) is 22.0. The Kier molecular flexibility index (Phi) is 26.1. The van der Waals surface area contributed by atoms with Crippen LogP contribution in [0.3, 0.4) is 0 Å². The van der Waals surface area contributed by atoms with Gasteiger partial charge in [-0.1, -0.05) is 91.0 Å². The predicted molar refractivity (Wildman–Crippen MR) is 320 cm³/mol. The molecule has 29 heteroatoms. The molecule has 2 aliphatic rings. The molecule has 2 aliphatic heterocycles. The van der Waals surface area contributed by atoms with Crippen LogP contribution in [-0.2, 0) is 37.4 Å². The number of imidazole rings is 2. The molecule has 11 N–H and O–H groups in total. The van der Waals surface area contributed by atoms with Gasteiger partial charge in [0.05, 0.1) is 25.4 Å². The van der Waals surface area contributed by atoms with E-state index < -0.39 is 95.8 Å². The first-order chi connectivity index (χ1) is 36.3. The number of rotatable bonds is 14. The number of aromatic amines is 2. The number of carbonyl (C=O) groups excluding carboxylic acids is 2. The summed E-state index contributed by atoms with van der Waals surface area (Å²) in [4.78, 5) is 94.6. The molecule has 27 nitrogen and oxygen atoms in total. The quantitative estimate of drug-likeness (QED) is 0.0423. The maximum atomic E-state index is 12.6. The molecule has 4 aromatic heterocycles. The highest BCUT2D eigenvalue weighted by Crippen LogP contribution is 2.45. The topological polar surface area (TPSA) is 388 Å². The number of nitrogens with two attached hydrogens (primary N) is 2. The Balaban J connectivity index is 0.000000688. The highest BCUT2D eigenvalue weighted by Gasteiger charge is 2.54. The smallest absolute Gasteiger partial charge is 0.450 e. The third-order valence-electron chi connectivity index (χ3n) is 13.0. The molecule has 468 valence electrons. The number of aromatic nitrogens is 8. The summed E-state index contributed by atoms with van der Waals surface area (Å²) in [5.41, 5.74) is 9.70. The van der Waals surface area contributed by atoms with E-state index in [9.17, 15) is 44.1 Å². The van der Waals surface area contributed by atoms with E-state index in [1.807, 2.05) is 82.3 Å². The van der Waals surface area contributed by atoms with Crippen LogP contribution in [0.4, 0.5) is 21.5 Å². The average molecular weight is 1200 g/mol. The molecule has 0 radical (unpaired) electrons. The highest BCUT2D eigenvalue weighted by molar-refractivity contribution is 6.74. The van der Waals surface area contributed by atoms with Gasteiger partial charge in [-0.15, -0.1) is 0 Å². The normalized spacial score (nSPS) is 21.2. The Morgan fingerprint density at radius 1 is 0.634 bits per heavy atom. The van der Waals surface area contributed by atoms with Crippen molar-refractivity contribution >= 4 is 75.0 Å². The number of H-pyrrole nitrogens is 2. The van der Waals surface area contributed by atoms with Gasteiger partial charge in [0, 0.05) is 22.9 Å². The maximum Gasteiger partial charge on any atom is 0.506 e. The van der Waals surface area contributed by atoms with Crippen molar-refractivity contribution in [1.82, 2.24) is 39.0 Å². The minimum absolute atomic E-state index is 0. The van der Waals surface area contributed by atoms with Gasteiger partial charge in [0.25, 0.3) is 11.1 Å². The number of anilines is 2. The van der Waals surface area contributed by atoms with E-state index in [0.29, 0.717) is 6.42 Å². The van der Waals surface area contributed by atoms with Crippen molar-refractivity contribution < 1.29 is 62.3 Å². The van der Waals surface area contributed by atoms with E-state index in [4.69, 9.17) is 39.3 Å². The van der Waals surface area contributed by atoms with Gasteiger partial charge in [0.2, 0.25) is 23.7 Å². The number of hydrogen-bond acceptors (Lipinski definition) is 19. The number of ether oxygens (including phenoxy) is 4. The SMILES string of the molecule is C.C.CC(C)(C)N.CC(C)(C)N.CC(C)C(=O)Nc1nc2c(ncn2[C@@H]2O[C@H](CO)[C@H](O[Si](C)(C)C(C)(C)C)C2OC(=O)O)c(=O)[nH]1.CC[C@H]1O[C@@H](n2cnc3c(=O)[nH]c(NC(=O)C(C)C)nc32)C(OC(=O)O)[C@H]1O[Si](C)(C)C(C)(C)C. The Bertz CT molecular complexity index is 2670. The fraction of sp³-hybridized carbons (Fsp3) is 0.736. The first kappa shape index (κ1) is 74.3. The largest absolute Gasteiger partial charge is 0.506 e. The molecule has 4 aromatic rings. The van der Waals surface area contributed by atoms with E-state index in [0.717, 1.165) is 0 Å². The van der Waals surface area contributed by atoms with E-state index in [1.165, 1.54) is 21.8 Å². The summed E-state index contributed by atoms with van der Waals surface area (Å²) in [6, 6.07) is 0. The summed E-state index contributed by atoms with van der Waals surface area (Å²) in [7, 11) is -4.78. The van der Waals surface area contributed by atoms with Crippen LogP contribution >= 0.6 is 0 Å². The fourth-order valence-electron chi connectivity index (χ4n) is 7.01. The first-order valence-corrected chi connectivity index (χ1v) is 32.3. The van der Waals surface area contributed by atoms with Crippen LogP contribution < -0.4 is 33.2 Å². The lowest BCUT2D eigenvalue weighted by Crippen LogP contribution is -2.50. The zero-order chi connectivity index (χ0) is 61.6. The number of aliphatic hydroxyl groups is 1. The molecule has 0 aliphatic carbocycles. The van der Waals surface area contributed by atoms with Gasteiger partial charge in [-0.05, 0) is 84.2 Å². The van der Waals surface area contributed by atoms with Crippen molar-refractivity contribution in [3.63, 3.8) is 0 Å². The third kappa shape index (κ3) is 20.3. The lowest BCUT2D eigenvalue weighted by atomic mass is 10.1. The Morgan fingerprint density at radius 3 is 1.21 bits per heavy atom. The second-order valence-corrected chi connectivity index (χ2v) is 35.1. The number of aliphatic hydroxyl groups excluding tert-OH is 1. The fourth-order valence-corrected chi connectivity index (χ4v) is 9.65. The van der Waals surface area contributed by atoms with Crippen molar-refractivity contribution in [3.05, 3.63) is 33.4 Å². The van der Waals surface area contributed by atoms with Gasteiger partial charge in [-0.2, -0.15) is 9.97 Å². The summed E-state index contributed by atoms with van der Waals surface area (Å²) >= 11 is 0. The average Bonchev–Trinajstić information content (AvgIpc) is 4.05. The number of carboxylic acid groups (broad SMARTS) is 2. The van der Waals surface area contributed by atoms with E-state index in [2.05, 4.69) is 74.4 Å². The second kappa shape index (κ2) is 28.7. The molecule has 2 unspecified atom stereocenters. The molecule has 2 fully saturated rings. The second-order valence-electron chi connectivity index (χ2n) is 25.6. The molecular formula is C53H98N12O15Si2. The van der Waals surface area contributed by atoms with Crippen LogP contribution in [0.1, 0.15) is 151 Å². The van der Waals surface area contributed by atoms with Gasteiger partial charge in [-0.3, -0.25) is 48.9 Å². The van der Waals surface area contributed by atoms with E-state index in [-0.39, 0.29) is 93.9 Å². The lowest BCUT2D eigenvalue weighted by Gasteiger charge is -2.40. The first-order valence-electron chi connectivity index (χ1n) is 26.5. The molecule has 0 saturated carbocycles. The molecule has 0 bridgehead atoms. The van der Waals surface area contributed by atoms with Crippen LogP contribution in [0.5, 0.6) is 0 Å². The Hall–Kier alpha value is -5.67. The molecule has 2 amide bonds. The van der Waals surface area contributed by atoms with Crippen molar-refractivity contribution in [1.29, 1.82) is 0 Å². The summed E-state index contributed by atoms with van der Waals surface area (Å²) in [6.45, 7) is 40.5. The van der Waals surface area contributed by atoms with Gasteiger partial charge in [-0.25, -0.2) is 19.6 Å². The number of nitrogens with zero attached hydrogens (tertiary/aromatic N) is 6. The minimum Gasteiger partial charge on any atom is -0.450 e. The van der Waals surface area contributed by atoms with Crippen LogP contribution in [-0.4, -0.2) is 149 Å². The standard InChI is InChI=1S/C22H35N5O7Si.C21H33N5O8Si.2C4H11N.2CH4/c1-9-12-14(34-35(7,8)22(4,5)6)15(33-21(30)31)19(32-12)27-10-23-13-16(27)24-20(26-18(13)29)25-17(28)11(2)3;1-10(2)16(28)24-19-23-15-12(17(29)25-19)22-9-26(15)18-14(33-20(30)31)13(11(8-27)32-18)34-35(6,7)21(3,4)5;2*1-4(2,3)5;;/h10-12,14-15,19H,9H2,1-8H3,(H,30,31)(H2,24,25,26,28,29);9-11,13-14,18,27H,8H2,1-7H3,(H,30,31)(H2,23,24,25,28,29);2*5H2,1-3H3;2*1H4/t12-,14+,15?,19-;11-,13+,14?,18-;;;;/m11..../s1. The lowest BCUT2D eigenvalue weighted by molar-refractivity contribution is -0.119. The molecule has 8 atom stereocenters.